The van der Waals surface area contributed by atoms with Gasteiger partial charge in [-0.15, -0.1) is 11.3 Å². The Morgan fingerprint density at radius 1 is 1.20 bits per heavy atom. The number of rotatable bonds is 6. The second-order valence-corrected chi connectivity index (χ2v) is 9.45. The first-order valence-corrected chi connectivity index (χ1v) is 11.9. The molecule has 2 aliphatic heterocycles. The molecule has 0 spiro atoms. The van der Waals surface area contributed by atoms with Crippen molar-refractivity contribution in [1.82, 2.24) is 15.1 Å². The number of nitrogens with one attached hydrogen (secondary N) is 1. The number of carbonyl (C=O) groups is 2. The van der Waals surface area contributed by atoms with E-state index in [1.807, 2.05) is 41.8 Å². The molecular formula is C24H31N3O2S. The van der Waals surface area contributed by atoms with Gasteiger partial charge in [-0.3, -0.25) is 9.59 Å². The molecule has 3 atom stereocenters. The van der Waals surface area contributed by atoms with Crippen LogP contribution in [0.4, 0.5) is 0 Å². The van der Waals surface area contributed by atoms with E-state index in [1.54, 1.807) is 23.3 Å². The van der Waals surface area contributed by atoms with Crippen LogP contribution in [-0.4, -0.2) is 54.3 Å². The van der Waals surface area contributed by atoms with Crippen molar-refractivity contribution in [1.29, 1.82) is 0 Å². The van der Waals surface area contributed by atoms with E-state index in [1.165, 1.54) is 25.8 Å². The third-order valence-corrected chi connectivity index (χ3v) is 7.50. The van der Waals surface area contributed by atoms with Crippen molar-refractivity contribution in [2.24, 2.45) is 0 Å². The lowest BCUT2D eigenvalue weighted by atomic mass is 9.81. The summed E-state index contributed by atoms with van der Waals surface area (Å²) in [6, 6.07) is 11.9. The quantitative estimate of drug-likeness (QED) is 0.711. The Morgan fingerprint density at radius 2 is 2.03 bits per heavy atom. The van der Waals surface area contributed by atoms with Gasteiger partial charge in [0.25, 0.3) is 5.91 Å². The average Bonchev–Trinajstić information content (AvgIpc) is 3.29. The molecule has 2 aliphatic rings. The maximum Gasteiger partial charge on any atom is 0.254 e. The molecule has 5 nitrogen and oxygen atoms in total. The zero-order chi connectivity index (χ0) is 21.1. The molecule has 0 aliphatic carbocycles. The van der Waals surface area contributed by atoms with Crippen molar-refractivity contribution >= 4 is 23.2 Å². The summed E-state index contributed by atoms with van der Waals surface area (Å²) >= 11 is 1.60. The van der Waals surface area contributed by atoms with Gasteiger partial charge in [-0.1, -0.05) is 30.7 Å². The van der Waals surface area contributed by atoms with Crippen molar-refractivity contribution in [3.63, 3.8) is 0 Å². The minimum atomic E-state index is -0.392. The highest BCUT2D eigenvalue weighted by Gasteiger charge is 2.42. The summed E-state index contributed by atoms with van der Waals surface area (Å²) in [6.45, 7) is 5.15. The highest BCUT2D eigenvalue weighted by Crippen LogP contribution is 2.43. The normalized spacial score (nSPS) is 24.5. The molecular weight excluding hydrogens is 394 g/mol. The molecule has 3 unspecified atom stereocenters. The second-order valence-electron chi connectivity index (χ2n) is 8.47. The predicted molar refractivity (Wildman–Crippen MR) is 121 cm³/mol. The third kappa shape index (κ3) is 4.16. The number of nitrogens with zero attached hydrogens (tertiary/aromatic N) is 2. The zero-order valence-corrected chi connectivity index (χ0v) is 18.7. The largest absolute Gasteiger partial charge is 0.355 e. The Labute approximate surface area is 183 Å². The van der Waals surface area contributed by atoms with E-state index in [0.29, 0.717) is 18.2 Å². The number of fused-ring (bicyclic) bond motifs is 1. The van der Waals surface area contributed by atoms with Crippen LogP contribution in [0.3, 0.4) is 0 Å². The molecule has 1 fully saturated rings. The number of carbonyl (C=O) groups excluding carboxylic acids is 2. The molecule has 6 heteroatoms. The van der Waals surface area contributed by atoms with E-state index in [4.69, 9.17) is 0 Å². The second kappa shape index (κ2) is 9.31. The molecule has 4 rings (SSSR count). The summed E-state index contributed by atoms with van der Waals surface area (Å²) in [5.74, 6) is -0.407. The van der Waals surface area contributed by atoms with E-state index in [9.17, 15) is 9.59 Å². The van der Waals surface area contributed by atoms with E-state index >= 15 is 0 Å². The number of hydrogen-bond donors (Lipinski definition) is 1. The van der Waals surface area contributed by atoms with E-state index in [-0.39, 0.29) is 17.9 Å². The lowest BCUT2D eigenvalue weighted by molar-refractivity contribution is -0.124. The monoisotopic (exact) mass is 425 g/mol. The highest BCUT2D eigenvalue weighted by molar-refractivity contribution is 7.10. The van der Waals surface area contributed by atoms with E-state index in [0.717, 1.165) is 23.4 Å². The Bertz CT molecular complexity index is 882. The highest BCUT2D eigenvalue weighted by atomic mass is 32.1. The van der Waals surface area contributed by atoms with Gasteiger partial charge in [0.05, 0.1) is 12.0 Å². The maximum atomic E-state index is 13.4. The first-order chi connectivity index (χ1) is 14.6. The molecule has 0 radical (unpaired) electrons. The Morgan fingerprint density at radius 3 is 2.80 bits per heavy atom. The van der Waals surface area contributed by atoms with Gasteiger partial charge in [-0.25, -0.2) is 0 Å². The van der Waals surface area contributed by atoms with Crippen LogP contribution < -0.4 is 5.32 Å². The van der Waals surface area contributed by atoms with Crippen molar-refractivity contribution in [2.75, 3.05) is 26.7 Å². The van der Waals surface area contributed by atoms with Crippen LogP contribution >= 0.6 is 11.3 Å². The molecule has 2 aromatic rings. The van der Waals surface area contributed by atoms with Crippen LogP contribution in [0.2, 0.25) is 0 Å². The fourth-order valence-electron chi connectivity index (χ4n) is 4.87. The Kier molecular flexibility index (Phi) is 6.54. The van der Waals surface area contributed by atoms with E-state index in [2.05, 4.69) is 17.1 Å². The van der Waals surface area contributed by atoms with Crippen molar-refractivity contribution in [2.45, 2.75) is 50.6 Å². The predicted octanol–water partition coefficient (Wildman–Crippen LogP) is 4.04. The number of hydrogen-bond acceptors (Lipinski definition) is 4. The van der Waals surface area contributed by atoms with Crippen LogP contribution in [0.25, 0.3) is 0 Å². The molecule has 1 saturated heterocycles. The molecule has 1 aromatic carbocycles. The van der Waals surface area contributed by atoms with Crippen LogP contribution in [-0.2, 0) is 4.79 Å². The number of benzene rings is 1. The molecule has 160 valence electrons. The number of piperidine rings is 1. The zero-order valence-electron chi connectivity index (χ0n) is 17.8. The summed E-state index contributed by atoms with van der Waals surface area (Å²) in [5, 5.41) is 5.18. The van der Waals surface area contributed by atoms with Gasteiger partial charge in [0, 0.05) is 36.6 Å². The fourth-order valence-corrected chi connectivity index (χ4v) is 5.77. The molecule has 0 bridgehead atoms. The lowest BCUT2D eigenvalue weighted by Crippen LogP contribution is -2.46. The summed E-state index contributed by atoms with van der Waals surface area (Å²) in [5.41, 5.74) is 1.47. The fraction of sp³-hybridized carbons (Fsp3) is 0.500. The van der Waals surface area contributed by atoms with Gasteiger partial charge in [0.1, 0.15) is 0 Å². The smallest absolute Gasteiger partial charge is 0.254 e. The molecule has 30 heavy (non-hydrogen) atoms. The third-order valence-electron chi connectivity index (χ3n) is 6.56. The van der Waals surface area contributed by atoms with Gasteiger partial charge in [0.15, 0.2) is 0 Å². The van der Waals surface area contributed by atoms with Crippen molar-refractivity contribution in [3.8, 4) is 0 Å². The van der Waals surface area contributed by atoms with Crippen LogP contribution in [0.1, 0.15) is 65.4 Å². The number of likely N-dealkylation sites (tertiary alicyclic amines) is 1. The topological polar surface area (TPSA) is 52.7 Å². The van der Waals surface area contributed by atoms with E-state index < -0.39 is 5.92 Å². The minimum Gasteiger partial charge on any atom is -0.355 e. The molecule has 3 heterocycles. The average molecular weight is 426 g/mol. The summed E-state index contributed by atoms with van der Waals surface area (Å²) < 4.78 is 0. The molecule has 1 aromatic heterocycles. The molecule has 0 saturated carbocycles. The first-order valence-electron chi connectivity index (χ1n) is 11.0. The lowest BCUT2D eigenvalue weighted by Gasteiger charge is -2.39. The first kappa shape index (κ1) is 21.1. The Hall–Kier alpha value is -2.18. The van der Waals surface area contributed by atoms with Crippen molar-refractivity contribution in [3.05, 3.63) is 57.8 Å². The molecule has 2 amide bonds. The summed E-state index contributed by atoms with van der Waals surface area (Å²) in [4.78, 5) is 31.6. The van der Waals surface area contributed by atoms with Gasteiger partial charge in [-0.05, 0) is 55.8 Å². The van der Waals surface area contributed by atoms with Gasteiger partial charge >= 0.3 is 0 Å². The van der Waals surface area contributed by atoms with Gasteiger partial charge in [0.2, 0.25) is 5.91 Å². The van der Waals surface area contributed by atoms with Crippen LogP contribution in [0, 0.1) is 0 Å². The molecule has 1 N–H and O–H groups in total. The van der Waals surface area contributed by atoms with Gasteiger partial charge in [-0.2, -0.15) is 0 Å². The minimum absolute atomic E-state index is 0.00638. The number of thiophene rings is 1. The van der Waals surface area contributed by atoms with Gasteiger partial charge < -0.3 is 15.1 Å². The summed E-state index contributed by atoms with van der Waals surface area (Å²) in [7, 11) is 1.81. The maximum absolute atomic E-state index is 13.4. The number of likely N-dealkylation sites (N-methyl/N-ethyl adjacent to an activating group) is 1. The SMILES string of the molecule is CC1CCCCN1CCCNC(=O)C1c2ccccc2C(=O)N(C)C1c1cccs1. The van der Waals surface area contributed by atoms with Crippen molar-refractivity contribution < 1.29 is 9.59 Å². The number of amides is 2. The summed E-state index contributed by atoms with van der Waals surface area (Å²) in [6.07, 6.45) is 4.82. The standard InChI is InChI=1S/C24H31N3O2S/c1-17-9-5-6-14-27(17)15-8-13-25-23(28)21-18-10-3-4-11-19(18)24(29)26(2)22(21)20-12-7-16-30-20/h3-4,7,10-12,16-17,21-22H,5-6,8-9,13-15H2,1-2H3,(H,25,28). The van der Waals surface area contributed by atoms with Crippen LogP contribution in [0.15, 0.2) is 41.8 Å². The Balaban J connectivity index is 1.48. The van der Waals surface area contributed by atoms with Crippen LogP contribution in [0.5, 0.6) is 0 Å².